The fraction of sp³-hybridized carbons (Fsp3) is 0.500. The highest BCUT2D eigenvalue weighted by Gasteiger charge is 2.35. The second kappa shape index (κ2) is 8.81. The second-order valence-corrected chi connectivity index (χ2v) is 8.71. The zero-order valence-electron chi connectivity index (χ0n) is 17.7. The van der Waals surface area contributed by atoms with Crippen LogP contribution in [0.2, 0.25) is 0 Å². The SMILES string of the molecule is Cc1ccc2c(c1O)C[C@@H](C1CCN(Cc3cccc(C(F)(F)F)c3)CC1)OC2CN. The maximum atomic E-state index is 13.0. The molecule has 4 rings (SSSR count). The van der Waals surface area contributed by atoms with Crippen LogP contribution in [0.25, 0.3) is 0 Å². The first-order valence-corrected chi connectivity index (χ1v) is 10.8. The lowest BCUT2D eigenvalue weighted by molar-refractivity contribution is -0.137. The lowest BCUT2D eigenvalue weighted by Crippen LogP contribution is -2.42. The number of piperidine rings is 1. The van der Waals surface area contributed by atoms with E-state index in [1.165, 1.54) is 12.1 Å². The van der Waals surface area contributed by atoms with Gasteiger partial charge in [-0.3, -0.25) is 4.90 Å². The molecule has 0 saturated carbocycles. The van der Waals surface area contributed by atoms with Crippen LogP contribution in [0.15, 0.2) is 36.4 Å². The predicted molar refractivity (Wildman–Crippen MR) is 113 cm³/mol. The molecule has 0 spiro atoms. The molecule has 0 bridgehead atoms. The van der Waals surface area contributed by atoms with Crippen LogP contribution in [-0.4, -0.2) is 35.7 Å². The molecule has 0 aromatic heterocycles. The molecule has 1 fully saturated rings. The van der Waals surface area contributed by atoms with Gasteiger partial charge in [0.1, 0.15) is 5.75 Å². The first-order valence-electron chi connectivity index (χ1n) is 10.8. The molecule has 7 heteroatoms. The summed E-state index contributed by atoms with van der Waals surface area (Å²) in [5, 5.41) is 10.6. The first kappa shape index (κ1) is 22.1. The van der Waals surface area contributed by atoms with Crippen LogP contribution in [0.5, 0.6) is 5.75 Å². The van der Waals surface area contributed by atoms with Gasteiger partial charge in [-0.25, -0.2) is 0 Å². The standard InChI is InChI=1S/C24H29F3N2O2/c1-15-5-6-19-20(23(15)30)12-21(31-22(19)13-28)17-7-9-29(10-8-17)14-16-3-2-4-18(11-16)24(25,26)27/h2-6,11,17,21-22,30H,7-10,12-14,28H2,1H3/t21-,22?/m0/s1. The molecular formula is C24H29F3N2O2. The summed E-state index contributed by atoms with van der Waals surface area (Å²) in [5.41, 5.74) is 8.81. The molecule has 2 aromatic rings. The lowest BCUT2D eigenvalue weighted by Gasteiger charge is -2.40. The Kier molecular flexibility index (Phi) is 6.28. The summed E-state index contributed by atoms with van der Waals surface area (Å²) in [6.45, 7) is 4.38. The maximum absolute atomic E-state index is 13.0. The van der Waals surface area contributed by atoms with Crippen molar-refractivity contribution >= 4 is 0 Å². The van der Waals surface area contributed by atoms with Crippen LogP contribution < -0.4 is 5.73 Å². The van der Waals surface area contributed by atoms with Gasteiger partial charge >= 0.3 is 6.18 Å². The summed E-state index contributed by atoms with van der Waals surface area (Å²) in [7, 11) is 0. The Labute approximate surface area is 180 Å². The van der Waals surface area contributed by atoms with Crippen molar-refractivity contribution in [3.8, 4) is 5.75 Å². The average molecular weight is 435 g/mol. The number of likely N-dealkylation sites (tertiary alicyclic amines) is 1. The van der Waals surface area contributed by atoms with Crippen LogP contribution in [0.3, 0.4) is 0 Å². The minimum absolute atomic E-state index is 0.00976. The number of fused-ring (bicyclic) bond motifs is 1. The zero-order valence-corrected chi connectivity index (χ0v) is 17.7. The average Bonchev–Trinajstić information content (AvgIpc) is 2.76. The molecule has 2 aliphatic heterocycles. The Morgan fingerprint density at radius 2 is 1.90 bits per heavy atom. The van der Waals surface area contributed by atoms with Crippen LogP contribution in [0, 0.1) is 12.8 Å². The first-order chi connectivity index (χ1) is 14.8. The van der Waals surface area contributed by atoms with Crippen LogP contribution in [-0.2, 0) is 23.9 Å². The van der Waals surface area contributed by atoms with E-state index < -0.39 is 11.7 Å². The molecule has 1 saturated heterocycles. The van der Waals surface area contributed by atoms with Crippen molar-refractivity contribution in [3.63, 3.8) is 0 Å². The number of rotatable bonds is 4. The molecule has 168 valence electrons. The van der Waals surface area contributed by atoms with Gasteiger partial charge in [0.2, 0.25) is 0 Å². The number of nitrogens with zero attached hydrogens (tertiary/aromatic N) is 1. The lowest BCUT2D eigenvalue weighted by atomic mass is 9.83. The number of aryl methyl sites for hydroxylation is 1. The quantitative estimate of drug-likeness (QED) is 0.740. The Balaban J connectivity index is 1.40. The van der Waals surface area contributed by atoms with Crippen molar-refractivity contribution in [2.45, 2.75) is 51.1 Å². The normalized spacial score (nSPS) is 23.0. The number of halogens is 3. The molecule has 31 heavy (non-hydrogen) atoms. The van der Waals surface area contributed by atoms with Crippen LogP contribution in [0.1, 0.15) is 46.8 Å². The zero-order chi connectivity index (χ0) is 22.2. The van der Waals surface area contributed by atoms with Gasteiger partial charge in [0.25, 0.3) is 0 Å². The van der Waals surface area contributed by atoms with Gasteiger partial charge in [0.05, 0.1) is 17.8 Å². The fourth-order valence-electron chi connectivity index (χ4n) is 4.87. The number of hydrogen-bond acceptors (Lipinski definition) is 4. The second-order valence-electron chi connectivity index (χ2n) is 8.71. The molecule has 0 radical (unpaired) electrons. The molecule has 2 heterocycles. The number of benzene rings is 2. The number of phenolic OH excluding ortho intramolecular Hbond substituents is 1. The molecule has 4 nitrogen and oxygen atoms in total. The smallest absolute Gasteiger partial charge is 0.416 e. The summed E-state index contributed by atoms with van der Waals surface area (Å²) in [4.78, 5) is 2.20. The third-order valence-corrected chi connectivity index (χ3v) is 6.64. The minimum Gasteiger partial charge on any atom is -0.507 e. The van der Waals surface area contributed by atoms with E-state index in [2.05, 4.69) is 4.90 Å². The third kappa shape index (κ3) is 4.73. The summed E-state index contributed by atoms with van der Waals surface area (Å²) in [6, 6.07) is 9.46. The number of alkyl halides is 3. The van der Waals surface area contributed by atoms with Gasteiger partial charge < -0.3 is 15.6 Å². The highest BCUT2D eigenvalue weighted by atomic mass is 19.4. The Bertz CT molecular complexity index is 924. The van der Waals surface area contributed by atoms with Gasteiger partial charge in [0.15, 0.2) is 0 Å². The highest BCUT2D eigenvalue weighted by Crippen LogP contribution is 2.40. The van der Waals surface area contributed by atoms with Crippen molar-refractivity contribution in [1.82, 2.24) is 4.90 Å². The van der Waals surface area contributed by atoms with Crippen molar-refractivity contribution in [2.75, 3.05) is 19.6 Å². The molecule has 2 aliphatic rings. The number of ether oxygens (including phenoxy) is 1. The largest absolute Gasteiger partial charge is 0.507 e. The number of hydrogen-bond donors (Lipinski definition) is 2. The third-order valence-electron chi connectivity index (χ3n) is 6.64. The van der Waals surface area contributed by atoms with E-state index in [0.717, 1.165) is 48.7 Å². The van der Waals surface area contributed by atoms with E-state index in [1.807, 2.05) is 19.1 Å². The van der Waals surface area contributed by atoms with E-state index in [4.69, 9.17) is 10.5 Å². The molecule has 0 amide bonds. The molecule has 2 aromatic carbocycles. The van der Waals surface area contributed by atoms with E-state index in [-0.39, 0.29) is 12.2 Å². The summed E-state index contributed by atoms with van der Waals surface area (Å²) < 4.78 is 45.2. The van der Waals surface area contributed by atoms with Crippen molar-refractivity contribution in [2.24, 2.45) is 11.7 Å². The summed E-state index contributed by atoms with van der Waals surface area (Å²) in [5.74, 6) is 0.672. The van der Waals surface area contributed by atoms with Crippen LogP contribution in [0.4, 0.5) is 13.2 Å². The monoisotopic (exact) mass is 434 g/mol. The predicted octanol–water partition coefficient (Wildman–Crippen LogP) is 4.57. The number of nitrogens with two attached hydrogens (primary N) is 1. The molecule has 2 atom stereocenters. The topological polar surface area (TPSA) is 58.7 Å². The fourth-order valence-corrected chi connectivity index (χ4v) is 4.87. The number of aromatic hydroxyl groups is 1. The van der Waals surface area contributed by atoms with E-state index in [9.17, 15) is 18.3 Å². The number of phenols is 1. The van der Waals surface area contributed by atoms with E-state index >= 15 is 0 Å². The van der Waals surface area contributed by atoms with Gasteiger partial charge in [-0.05, 0) is 61.5 Å². The molecule has 3 N–H and O–H groups in total. The molecular weight excluding hydrogens is 405 g/mol. The Hall–Kier alpha value is -2.09. The van der Waals surface area contributed by atoms with Crippen molar-refractivity contribution in [1.29, 1.82) is 0 Å². The van der Waals surface area contributed by atoms with Gasteiger partial charge in [-0.1, -0.05) is 30.3 Å². The Morgan fingerprint density at radius 3 is 2.58 bits per heavy atom. The van der Waals surface area contributed by atoms with E-state index in [1.54, 1.807) is 6.07 Å². The summed E-state index contributed by atoms with van der Waals surface area (Å²) in [6.07, 6.45) is -2.07. The molecule has 1 unspecified atom stereocenters. The highest BCUT2D eigenvalue weighted by molar-refractivity contribution is 5.47. The van der Waals surface area contributed by atoms with Gasteiger partial charge in [-0.2, -0.15) is 13.2 Å². The van der Waals surface area contributed by atoms with Crippen LogP contribution >= 0.6 is 0 Å². The van der Waals surface area contributed by atoms with Gasteiger partial charge in [0, 0.05) is 25.1 Å². The maximum Gasteiger partial charge on any atom is 0.416 e. The Morgan fingerprint density at radius 1 is 1.16 bits per heavy atom. The molecule has 0 aliphatic carbocycles. The van der Waals surface area contributed by atoms with Gasteiger partial charge in [-0.15, -0.1) is 0 Å². The van der Waals surface area contributed by atoms with Crippen molar-refractivity contribution < 1.29 is 23.0 Å². The minimum atomic E-state index is -4.32. The summed E-state index contributed by atoms with van der Waals surface area (Å²) >= 11 is 0. The van der Waals surface area contributed by atoms with E-state index in [0.29, 0.717) is 36.7 Å². The van der Waals surface area contributed by atoms with Crippen molar-refractivity contribution in [3.05, 3.63) is 64.2 Å².